The van der Waals surface area contributed by atoms with Crippen molar-refractivity contribution in [1.29, 1.82) is 0 Å². The second kappa shape index (κ2) is 8.74. The molecule has 3 heteroatoms. The van der Waals surface area contributed by atoms with Gasteiger partial charge in [-0.2, -0.15) is 4.57 Å². The van der Waals surface area contributed by atoms with Crippen molar-refractivity contribution in [2.45, 2.75) is 13.0 Å². The predicted octanol–water partition coefficient (Wildman–Crippen LogP) is 1.60. The Labute approximate surface area is 169 Å². The van der Waals surface area contributed by atoms with Crippen molar-refractivity contribution in [3.63, 3.8) is 0 Å². The summed E-state index contributed by atoms with van der Waals surface area (Å²) in [7, 11) is 0. The highest BCUT2D eigenvalue weighted by atomic mass is 79.9. The summed E-state index contributed by atoms with van der Waals surface area (Å²) in [6.07, 6.45) is 4.88. The third-order valence-corrected chi connectivity index (χ3v) is 4.63. The number of ketones is 1. The van der Waals surface area contributed by atoms with Gasteiger partial charge in [-0.1, -0.05) is 72.8 Å². The molecule has 0 aliphatic carbocycles. The average molecular weight is 418 g/mol. The molecule has 0 saturated heterocycles. The van der Waals surface area contributed by atoms with E-state index in [2.05, 4.69) is 36.4 Å². The second-order valence-corrected chi connectivity index (χ2v) is 6.49. The molecule has 0 unspecified atom stereocenters. The van der Waals surface area contributed by atoms with Crippen LogP contribution in [-0.2, 0) is 13.0 Å². The summed E-state index contributed by atoms with van der Waals surface area (Å²) in [5.74, 6) is 0.127. The largest absolute Gasteiger partial charge is 1.00 e. The van der Waals surface area contributed by atoms with E-state index in [-0.39, 0.29) is 22.8 Å². The van der Waals surface area contributed by atoms with Gasteiger partial charge in [0.05, 0.1) is 0 Å². The Morgan fingerprint density at radius 3 is 2.11 bits per heavy atom. The van der Waals surface area contributed by atoms with Crippen LogP contribution in [0.25, 0.3) is 10.8 Å². The molecule has 2 nitrogen and oxygen atoms in total. The molecule has 1 heterocycles. The Balaban J connectivity index is 0.00000210. The first-order chi connectivity index (χ1) is 12.8. The van der Waals surface area contributed by atoms with Crippen LogP contribution in [0.15, 0.2) is 97.3 Å². The van der Waals surface area contributed by atoms with E-state index in [1.165, 1.54) is 11.1 Å². The lowest BCUT2D eigenvalue weighted by molar-refractivity contribution is -0.683. The van der Waals surface area contributed by atoms with Gasteiger partial charge in [-0.15, -0.1) is 0 Å². The maximum atomic E-state index is 12.8. The van der Waals surface area contributed by atoms with Crippen LogP contribution in [0.1, 0.15) is 21.5 Å². The lowest BCUT2D eigenvalue weighted by Gasteiger charge is -2.04. The van der Waals surface area contributed by atoms with Crippen LogP contribution in [0.3, 0.4) is 0 Å². The predicted molar refractivity (Wildman–Crippen MR) is 104 cm³/mol. The first-order valence-electron chi connectivity index (χ1n) is 8.82. The fraction of sp³-hybridized carbons (Fsp3) is 0.0833. The molecule has 3 aromatic carbocycles. The zero-order valence-electron chi connectivity index (χ0n) is 14.9. The zero-order valence-corrected chi connectivity index (χ0v) is 16.5. The molecular weight excluding hydrogens is 398 g/mol. The molecule has 0 amide bonds. The normalized spacial score (nSPS) is 10.4. The molecule has 4 aromatic rings. The van der Waals surface area contributed by atoms with E-state index in [4.69, 9.17) is 0 Å². The summed E-state index contributed by atoms with van der Waals surface area (Å²) in [5, 5.41) is 2.11. The van der Waals surface area contributed by atoms with E-state index in [9.17, 15) is 4.79 Å². The van der Waals surface area contributed by atoms with Gasteiger partial charge < -0.3 is 17.0 Å². The molecule has 0 bridgehead atoms. The van der Waals surface area contributed by atoms with E-state index < -0.39 is 0 Å². The molecule has 27 heavy (non-hydrogen) atoms. The Hall–Kier alpha value is -2.78. The minimum Gasteiger partial charge on any atom is -1.00 e. The quantitative estimate of drug-likeness (QED) is 0.357. The third kappa shape index (κ3) is 4.50. The van der Waals surface area contributed by atoms with Crippen LogP contribution in [0.2, 0.25) is 0 Å². The maximum Gasteiger partial charge on any atom is 0.228 e. The minimum atomic E-state index is 0. The number of hydrogen-bond donors (Lipinski definition) is 0. The minimum absolute atomic E-state index is 0. The molecule has 0 spiro atoms. The summed E-state index contributed by atoms with van der Waals surface area (Å²) >= 11 is 0. The third-order valence-electron chi connectivity index (χ3n) is 4.63. The number of benzene rings is 3. The van der Waals surface area contributed by atoms with Crippen LogP contribution in [0, 0.1) is 0 Å². The molecule has 0 aliphatic heterocycles. The smallest absolute Gasteiger partial charge is 0.228 e. The van der Waals surface area contributed by atoms with Gasteiger partial charge in [-0.25, -0.2) is 0 Å². The van der Waals surface area contributed by atoms with E-state index in [0.29, 0.717) is 6.54 Å². The standard InChI is InChI=1S/C24H20NO.BrH/c26-24(23-12-6-10-21-9-4-5-11-22(21)23)18-25-15-13-20(14-16-25)17-19-7-2-1-3-8-19;/h1-16H,17-18H2;1H/q+1;/p-1. The second-order valence-electron chi connectivity index (χ2n) is 6.49. The van der Waals surface area contributed by atoms with E-state index in [1.807, 2.05) is 65.5 Å². The Morgan fingerprint density at radius 1 is 0.704 bits per heavy atom. The summed E-state index contributed by atoms with van der Waals surface area (Å²) in [5.41, 5.74) is 3.31. The van der Waals surface area contributed by atoms with E-state index >= 15 is 0 Å². The highest BCUT2D eigenvalue weighted by Gasteiger charge is 2.14. The molecular formula is C24H20BrNO. The Bertz CT molecular complexity index is 1040. The fourth-order valence-corrected chi connectivity index (χ4v) is 3.26. The lowest BCUT2D eigenvalue weighted by Crippen LogP contribution is -3.00. The molecule has 4 rings (SSSR count). The highest BCUT2D eigenvalue weighted by molar-refractivity contribution is 6.07. The lowest BCUT2D eigenvalue weighted by atomic mass is 10.0. The molecule has 0 radical (unpaired) electrons. The molecule has 0 saturated carbocycles. The molecule has 0 fully saturated rings. The number of nitrogens with zero attached hydrogens (tertiary/aromatic N) is 1. The van der Waals surface area contributed by atoms with Gasteiger partial charge in [0.2, 0.25) is 12.3 Å². The number of aromatic nitrogens is 1. The van der Waals surface area contributed by atoms with Gasteiger partial charge in [0, 0.05) is 17.7 Å². The van der Waals surface area contributed by atoms with Gasteiger partial charge in [0.25, 0.3) is 0 Å². The van der Waals surface area contributed by atoms with E-state index in [0.717, 1.165) is 22.8 Å². The van der Waals surface area contributed by atoms with Crippen molar-refractivity contribution in [3.05, 3.63) is 114 Å². The van der Waals surface area contributed by atoms with Crippen molar-refractivity contribution in [2.24, 2.45) is 0 Å². The first-order valence-corrected chi connectivity index (χ1v) is 8.82. The number of carbonyl (C=O) groups is 1. The summed E-state index contributed by atoms with van der Waals surface area (Å²) in [6.45, 7) is 0.347. The van der Waals surface area contributed by atoms with Gasteiger partial charge in [-0.05, 0) is 28.3 Å². The fourth-order valence-electron chi connectivity index (χ4n) is 3.26. The molecule has 0 N–H and O–H groups in total. The van der Waals surface area contributed by atoms with Crippen molar-refractivity contribution >= 4 is 16.6 Å². The van der Waals surface area contributed by atoms with Crippen LogP contribution >= 0.6 is 0 Å². The number of fused-ring (bicyclic) bond motifs is 1. The van der Waals surface area contributed by atoms with Gasteiger partial charge in [-0.3, -0.25) is 4.79 Å². The Morgan fingerprint density at radius 2 is 1.33 bits per heavy atom. The molecule has 134 valence electrons. The van der Waals surface area contributed by atoms with Crippen molar-refractivity contribution < 1.29 is 26.3 Å². The Kier molecular flexibility index (Phi) is 6.15. The summed E-state index contributed by atoms with van der Waals surface area (Å²) in [6, 6.07) is 28.5. The van der Waals surface area contributed by atoms with Gasteiger partial charge in [0.15, 0.2) is 12.4 Å². The van der Waals surface area contributed by atoms with Crippen molar-refractivity contribution in [3.8, 4) is 0 Å². The molecule has 1 aromatic heterocycles. The van der Waals surface area contributed by atoms with Crippen LogP contribution in [0.4, 0.5) is 0 Å². The average Bonchev–Trinajstić information content (AvgIpc) is 2.70. The number of carbonyl (C=O) groups excluding carboxylic acids is 1. The number of halogens is 1. The van der Waals surface area contributed by atoms with Crippen LogP contribution < -0.4 is 21.5 Å². The van der Waals surface area contributed by atoms with Gasteiger partial charge >= 0.3 is 0 Å². The summed E-state index contributed by atoms with van der Waals surface area (Å²) in [4.78, 5) is 12.8. The molecule has 0 atom stereocenters. The molecule has 0 aliphatic rings. The highest BCUT2D eigenvalue weighted by Crippen LogP contribution is 2.19. The summed E-state index contributed by atoms with van der Waals surface area (Å²) < 4.78 is 1.94. The zero-order chi connectivity index (χ0) is 17.8. The number of hydrogen-bond acceptors (Lipinski definition) is 1. The number of rotatable bonds is 5. The van der Waals surface area contributed by atoms with Crippen LogP contribution in [0.5, 0.6) is 0 Å². The topological polar surface area (TPSA) is 20.9 Å². The maximum absolute atomic E-state index is 12.8. The van der Waals surface area contributed by atoms with Crippen LogP contribution in [-0.4, -0.2) is 5.78 Å². The monoisotopic (exact) mass is 417 g/mol. The van der Waals surface area contributed by atoms with Gasteiger partial charge in [0.1, 0.15) is 0 Å². The first kappa shape index (κ1) is 19.0. The number of pyridine rings is 1. The van der Waals surface area contributed by atoms with Crippen molar-refractivity contribution in [2.75, 3.05) is 0 Å². The number of Topliss-reactive ketones (excluding diaryl/α,β-unsaturated/α-hetero) is 1. The van der Waals surface area contributed by atoms with Crippen molar-refractivity contribution in [1.82, 2.24) is 0 Å². The van der Waals surface area contributed by atoms with E-state index in [1.54, 1.807) is 0 Å². The SMILES string of the molecule is O=C(C[n+]1ccc(Cc2ccccc2)cc1)c1cccc2ccccc12.[Br-].